The van der Waals surface area contributed by atoms with Gasteiger partial charge in [0, 0.05) is 5.69 Å². The number of anilines is 1. The van der Waals surface area contributed by atoms with Gasteiger partial charge in [0.25, 0.3) is 5.91 Å². The van der Waals surface area contributed by atoms with Crippen molar-refractivity contribution in [3.63, 3.8) is 0 Å². The summed E-state index contributed by atoms with van der Waals surface area (Å²) in [7, 11) is 0. The predicted octanol–water partition coefficient (Wildman–Crippen LogP) is 5.52. The Balaban J connectivity index is 2.03. The van der Waals surface area contributed by atoms with E-state index in [4.69, 9.17) is 27.9 Å². The number of para-hydroxylation sites is 2. The van der Waals surface area contributed by atoms with Crippen LogP contribution in [-0.2, 0) is 4.79 Å². The summed E-state index contributed by atoms with van der Waals surface area (Å²) >= 11 is 12.0. The molecular weight excluding hydrogens is 333 g/mol. The lowest BCUT2D eigenvalue weighted by Crippen LogP contribution is -2.21. The third-order valence-electron chi connectivity index (χ3n) is 3.64. The quantitative estimate of drug-likeness (QED) is 0.743. The Morgan fingerprint density at radius 2 is 1.78 bits per heavy atom. The zero-order valence-corrected chi connectivity index (χ0v) is 14.6. The highest BCUT2D eigenvalue weighted by atomic mass is 35.5. The van der Waals surface area contributed by atoms with E-state index < -0.39 is 0 Å². The molecule has 122 valence electrons. The molecular formula is C18H19Cl2NO2. The summed E-state index contributed by atoms with van der Waals surface area (Å²) in [5.41, 5.74) is 1.92. The third-order valence-corrected chi connectivity index (χ3v) is 4.24. The van der Waals surface area contributed by atoms with Gasteiger partial charge in [-0.2, -0.15) is 0 Å². The molecule has 1 atom stereocenters. The molecule has 1 amide bonds. The average Bonchev–Trinajstić information content (AvgIpc) is 2.54. The smallest absolute Gasteiger partial charge is 0.262 e. The minimum atomic E-state index is -0.253. The van der Waals surface area contributed by atoms with Crippen molar-refractivity contribution in [2.45, 2.75) is 26.2 Å². The lowest BCUT2D eigenvalue weighted by molar-refractivity contribution is -0.118. The lowest BCUT2D eigenvalue weighted by atomic mass is 9.97. The Labute approximate surface area is 146 Å². The molecule has 0 aliphatic heterocycles. The molecule has 0 saturated heterocycles. The van der Waals surface area contributed by atoms with Crippen LogP contribution < -0.4 is 10.1 Å². The highest BCUT2D eigenvalue weighted by Crippen LogP contribution is 2.32. The first-order valence-corrected chi connectivity index (χ1v) is 8.24. The van der Waals surface area contributed by atoms with Gasteiger partial charge in [-0.1, -0.05) is 61.3 Å². The molecule has 3 nitrogen and oxygen atoms in total. The second-order valence-corrected chi connectivity index (χ2v) is 6.10. The Morgan fingerprint density at radius 3 is 2.43 bits per heavy atom. The normalized spacial score (nSPS) is 11.8. The van der Waals surface area contributed by atoms with Gasteiger partial charge in [0.05, 0.1) is 10.0 Å². The van der Waals surface area contributed by atoms with E-state index in [0.29, 0.717) is 21.7 Å². The van der Waals surface area contributed by atoms with E-state index in [1.807, 2.05) is 24.3 Å². The van der Waals surface area contributed by atoms with Crippen LogP contribution in [0.3, 0.4) is 0 Å². The fourth-order valence-electron chi connectivity index (χ4n) is 2.20. The number of hydrogen-bond acceptors (Lipinski definition) is 2. The third kappa shape index (κ3) is 4.63. The molecule has 0 radical (unpaired) electrons. The first kappa shape index (κ1) is 17.6. The van der Waals surface area contributed by atoms with Gasteiger partial charge in [0.2, 0.25) is 0 Å². The van der Waals surface area contributed by atoms with Gasteiger partial charge < -0.3 is 10.1 Å². The van der Waals surface area contributed by atoms with Crippen molar-refractivity contribution >= 4 is 34.8 Å². The average molecular weight is 352 g/mol. The minimum absolute atomic E-state index is 0.154. The van der Waals surface area contributed by atoms with Crippen LogP contribution in [0.5, 0.6) is 5.75 Å². The van der Waals surface area contributed by atoms with Crippen molar-refractivity contribution in [3.8, 4) is 5.75 Å². The summed E-state index contributed by atoms with van der Waals surface area (Å²) < 4.78 is 5.45. The van der Waals surface area contributed by atoms with Crippen LogP contribution in [0, 0.1) is 0 Å². The summed E-state index contributed by atoms with van der Waals surface area (Å²) in [5, 5.41) is 3.64. The Hall–Kier alpha value is -1.71. The second-order valence-electron chi connectivity index (χ2n) is 5.28. The van der Waals surface area contributed by atoms with Gasteiger partial charge in [-0.15, -0.1) is 0 Å². The van der Waals surface area contributed by atoms with Crippen LogP contribution in [0.1, 0.15) is 31.7 Å². The van der Waals surface area contributed by atoms with E-state index >= 15 is 0 Å². The standard InChI is InChI=1S/C18H19Cl2NO2/c1-3-12(2)13-7-4-5-10-16(13)21-17(22)11-23-18-14(19)8-6-9-15(18)20/h4-10,12H,3,11H2,1-2H3,(H,21,22)/t12-/m1/s1. The molecule has 2 rings (SSSR count). The van der Waals surface area contributed by atoms with E-state index in [-0.39, 0.29) is 12.5 Å². The lowest BCUT2D eigenvalue weighted by Gasteiger charge is -2.16. The van der Waals surface area contributed by atoms with Crippen molar-refractivity contribution in [1.82, 2.24) is 0 Å². The molecule has 0 heterocycles. The van der Waals surface area contributed by atoms with Crippen molar-refractivity contribution in [2.75, 3.05) is 11.9 Å². The largest absolute Gasteiger partial charge is 0.481 e. The summed E-state index contributed by atoms with van der Waals surface area (Å²) in [4.78, 5) is 12.1. The number of halogens is 2. The van der Waals surface area contributed by atoms with Gasteiger partial charge in [-0.3, -0.25) is 4.79 Å². The van der Waals surface area contributed by atoms with Crippen LogP contribution in [0.25, 0.3) is 0 Å². The van der Waals surface area contributed by atoms with Gasteiger partial charge in [0.15, 0.2) is 12.4 Å². The molecule has 0 bridgehead atoms. The van der Waals surface area contributed by atoms with Crippen LogP contribution in [0.4, 0.5) is 5.69 Å². The molecule has 0 fully saturated rings. The number of hydrogen-bond donors (Lipinski definition) is 1. The fourth-order valence-corrected chi connectivity index (χ4v) is 2.71. The second kappa shape index (κ2) is 8.23. The highest BCUT2D eigenvalue weighted by molar-refractivity contribution is 6.37. The maximum atomic E-state index is 12.1. The summed E-state index contributed by atoms with van der Waals surface area (Å²) in [6.07, 6.45) is 0.999. The molecule has 2 aromatic rings. The number of rotatable bonds is 6. The number of amides is 1. The van der Waals surface area contributed by atoms with E-state index in [2.05, 4.69) is 19.2 Å². The van der Waals surface area contributed by atoms with E-state index in [1.165, 1.54) is 0 Å². The zero-order valence-electron chi connectivity index (χ0n) is 13.1. The highest BCUT2D eigenvalue weighted by Gasteiger charge is 2.13. The van der Waals surface area contributed by atoms with E-state index in [9.17, 15) is 4.79 Å². The number of carbonyl (C=O) groups excluding carboxylic acids is 1. The summed E-state index contributed by atoms with van der Waals surface area (Å²) in [6.45, 7) is 4.09. The number of carbonyl (C=O) groups is 1. The molecule has 0 aliphatic carbocycles. The van der Waals surface area contributed by atoms with Crippen LogP contribution in [-0.4, -0.2) is 12.5 Å². The van der Waals surface area contributed by atoms with Gasteiger partial charge >= 0.3 is 0 Å². The molecule has 1 N–H and O–H groups in total. The molecule has 0 aromatic heterocycles. The molecule has 0 saturated carbocycles. The number of benzene rings is 2. The first-order valence-electron chi connectivity index (χ1n) is 7.48. The first-order chi connectivity index (χ1) is 11.0. The zero-order chi connectivity index (χ0) is 16.8. The molecule has 23 heavy (non-hydrogen) atoms. The van der Waals surface area contributed by atoms with Crippen LogP contribution in [0.15, 0.2) is 42.5 Å². The maximum absolute atomic E-state index is 12.1. The monoisotopic (exact) mass is 351 g/mol. The van der Waals surface area contributed by atoms with Gasteiger partial charge in [-0.25, -0.2) is 0 Å². The number of ether oxygens (including phenoxy) is 1. The molecule has 0 unspecified atom stereocenters. The van der Waals surface area contributed by atoms with Gasteiger partial charge in [-0.05, 0) is 36.1 Å². The molecule has 2 aromatic carbocycles. The van der Waals surface area contributed by atoms with Crippen LogP contribution >= 0.6 is 23.2 Å². The molecule has 0 aliphatic rings. The Morgan fingerprint density at radius 1 is 1.13 bits per heavy atom. The number of nitrogens with one attached hydrogen (secondary N) is 1. The van der Waals surface area contributed by atoms with Crippen molar-refractivity contribution in [1.29, 1.82) is 0 Å². The molecule has 0 spiro atoms. The molecule has 5 heteroatoms. The van der Waals surface area contributed by atoms with Gasteiger partial charge in [0.1, 0.15) is 0 Å². The fraction of sp³-hybridized carbons (Fsp3) is 0.278. The van der Waals surface area contributed by atoms with Crippen LogP contribution in [0.2, 0.25) is 10.0 Å². The SMILES string of the molecule is CC[C@@H](C)c1ccccc1NC(=O)COc1c(Cl)cccc1Cl. The maximum Gasteiger partial charge on any atom is 0.262 e. The van der Waals surface area contributed by atoms with Crippen molar-refractivity contribution in [3.05, 3.63) is 58.1 Å². The minimum Gasteiger partial charge on any atom is -0.481 e. The Kier molecular flexibility index (Phi) is 6.31. The van der Waals surface area contributed by atoms with Crippen molar-refractivity contribution in [2.24, 2.45) is 0 Å². The van der Waals surface area contributed by atoms with E-state index in [1.54, 1.807) is 18.2 Å². The van der Waals surface area contributed by atoms with Crippen molar-refractivity contribution < 1.29 is 9.53 Å². The van der Waals surface area contributed by atoms with E-state index in [0.717, 1.165) is 17.7 Å². The summed E-state index contributed by atoms with van der Waals surface area (Å²) in [5.74, 6) is 0.434. The topological polar surface area (TPSA) is 38.3 Å². The summed E-state index contributed by atoms with van der Waals surface area (Å²) in [6, 6.07) is 12.8. The Bertz CT molecular complexity index is 668. The predicted molar refractivity (Wildman–Crippen MR) is 95.7 cm³/mol.